The quantitative estimate of drug-likeness (QED) is 0.826. The third-order valence-corrected chi connectivity index (χ3v) is 2.48. The molecule has 0 saturated heterocycles. The van der Waals surface area contributed by atoms with E-state index in [1.165, 1.54) is 11.5 Å². The minimum atomic E-state index is 0.497. The molecule has 0 fully saturated rings. The Balaban J connectivity index is 2.24. The molecule has 0 unspecified atom stereocenters. The first kappa shape index (κ1) is 9.14. The Morgan fingerprint density at radius 1 is 1.57 bits per heavy atom. The van der Waals surface area contributed by atoms with Crippen molar-refractivity contribution in [3.05, 3.63) is 18.1 Å². The number of rotatable bonds is 3. The predicted octanol–water partition coefficient (Wildman–Crippen LogP) is 1.26. The van der Waals surface area contributed by atoms with Crippen LogP contribution in [-0.2, 0) is 6.42 Å². The highest BCUT2D eigenvalue weighted by atomic mass is 32.1. The molecule has 0 atom stereocenters. The van der Waals surface area contributed by atoms with Gasteiger partial charge in [0, 0.05) is 30.2 Å². The molecule has 0 aliphatic rings. The van der Waals surface area contributed by atoms with Crippen molar-refractivity contribution in [1.82, 2.24) is 19.1 Å². The van der Waals surface area contributed by atoms with Gasteiger partial charge in [-0.3, -0.25) is 0 Å². The minimum absolute atomic E-state index is 0.497. The largest absolute Gasteiger partial charge is 0.382 e. The molecule has 2 aromatic rings. The summed E-state index contributed by atoms with van der Waals surface area (Å²) in [7, 11) is 0. The first-order chi connectivity index (χ1) is 6.79. The van der Waals surface area contributed by atoms with Crippen molar-refractivity contribution in [2.24, 2.45) is 0 Å². The zero-order chi connectivity index (χ0) is 9.97. The van der Waals surface area contributed by atoms with Gasteiger partial charge in [-0.15, -0.1) is 5.10 Å². The summed E-state index contributed by atoms with van der Waals surface area (Å²) in [6.07, 6.45) is 3.75. The molecule has 0 aliphatic carbocycles. The zero-order valence-electron chi connectivity index (χ0n) is 7.84. The number of aryl methyl sites for hydroxylation is 1. The fraction of sp³-hybridized carbons (Fsp3) is 0.375. The molecule has 14 heavy (non-hydrogen) atoms. The van der Waals surface area contributed by atoms with Crippen LogP contribution < -0.4 is 5.73 Å². The summed E-state index contributed by atoms with van der Waals surface area (Å²) in [6.45, 7) is 2.10. The summed E-state index contributed by atoms with van der Waals surface area (Å²) in [6, 6.07) is 1.74. The van der Waals surface area contributed by atoms with E-state index >= 15 is 0 Å². The van der Waals surface area contributed by atoms with E-state index in [2.05, 4.69) is 21.4 Å². The maximum absolute atomic E-state index is 5.51. The van der Waals surface area contributed by atoms with Gasteiger partial charge in [-0.1, -0.05) is 6.92 Å². The molecule has 0 bridgehead atoms. The van der Waals surface area contributed by atoms with Crippen LogP contribution in [-0.4, -0.2) is 19.1 Å². The monoisotopic (exact) mass is 209 g/mol. The molecular weight excluding hydrogens is 198 g/mol. The van der Waals surface area contributed by atoms with Crippen molar-refractivity contribution >= 4 is 17.4 Å². The van der Waals surface area contributed by atoms with Gasteiger partial charge in [0.05, 0.1) is 0 Å². The standard InChI is InChI=1S/C8H11N5S/c1-2-3-7-10-8(14-12-7)13-5-4-6(9)11-13/h4-5H,2-3H2,1H3,(H2,9,11). The normalized spacial score (nSPS) is 10.6. The van der Waals surface area contributed by atoms with Gasteiger partial charge in [0.25, 0.3) is 0 Å². The van der Waals surface area contributed by atoms with Gasteiger partial charge in [-0.05, 0) is 6.42 Å². The van der Waals surface area contributed by atoms with Gasteiger partial charge >= 0.3 is 0 Å². The molecule has 2 rings (SSSR count). The van der Waals surface area contributed by atoms with Gasteiger partial charge in [0.1, 0.15) is 11.6 Å². The van der Waals surface area contributed by atoms with Gasteiger partial charge < -0.3 is 5.73 Å². The number of nitrogens with two attached hydrogens (primary N) is 1. The average molecular weight is 209 g/mol. The molecule has 2 N–H and O–H groups in total. The molecule has 74 valence electrons. The topological polar surface area (TPSA) is 69.6 Å². The summed E-state index contributed by atoms with van der Waals surface area (Å²) in [5.74, 6) is 1.37. The van der Waals surface area contributed by atoms with Crippen molar-refractivity contribution in [1.29, 1.82) is 0 Å². The Morgan fingerprint density at radius 2 is 2.43 bits per heavy atom. The molecule has 2 aromatic heterocycles. The Hall–Kier alpha value is -1.43. The highest BCUT2D eigenvalue weighted by Crippen LogP contribution is 2.12. The summed E-state index contributed by atoms with van der Waals surface area (Å²) < 4.78 is 5.87. The fourth-order valence-corrected chi connectivity index (χ4v) is 1.76. The van der Waals surface area contributed by atoms with Crippen molar-refractivity contribution in [3.63, 3.8) is 0 Å². The average Bonchev–Trinajstić information content (AvgIpc) is 2.74. The van der Waals surface area contributed by atoms with E-state index in [0.29, 0.717) is 5.82 Å². The van der Waals surface area contributed by atoms with Crippen LogP contribution in [0.5, 0.6) is 0 Å². The number of nitrogens with zero attached hydrogens (tertiary/aromatic N) is 4. The molecule has 6 heteroatoms. The highest BCUT2D eigenvalue weighted by molar-refractivity contribution is 7.08. The number of anilines is 1. The Morgan fingerprint density at radius 3 is 3.07 bits per heavy atom. The predicted molar refractivity (Wildman–Crippen MR) is 55.4 cm³/mol. The van der Waals surface area contributed by atoms with E-state index < -0.39 is 0 Å². The van der Waals surface area contributed by atoms with E-state index in [0.717, 1.165) is 23.8 Å². The van der Waals surface area contributed by atoms with E-state index in [1.54, 1.807) is 16.9 Å². The zero-order valence-corrected chi connectivity index (χ0v) is 8.66. The Kier molecular flexibility index (Phi) is 2.45. The van der Waals surface area contributed by atoms with E-state index in [-0.39, 0.29) is 0 Å². The third kappa shape index (κ3) is 1.74. The second-order valence-corrected chi connectivity index (χ2v) is 3.66. The Bertz CT molecular complexity index is 419. The summed E-state index contributed by atoms with van der Waals surface area (Å²) in [4.78, 5) is 4.34. The number of aromatic nitrogens is 4. The number of hydrogen-bond donors (Lipinski definition) is 1. The van der Waals surface area contributed by atoms with Crippen LogP contribution in [0.3, 0.4) is 0 Å². The van der Waals surface area contributed by atoms with E-state index in [1.807, 2.05) is 0 Å². The second kappa shape index (κ2) is 3.75. The van der Waals surface area contributed by atoms with E-state index in [4.69, 9.17) is 5.73 Å². The molecule has 2 heterocycles. The van der Waals surface area contributed by atoms with Crippen LogP contribution in [0.2, 0.25) is 0 Å². The SMILES string of the molecule is CCCc1nsc(-n2ccc(N)n2)n1. The maximum Gasteiger partial charge on any atom is 0.230 e. The molecule has 0 aliphatic heterocycles. The molecule has 0 radical (unpaired) electrons. The summed E-state index contributed by atoms with van der Waals surface area (Å²) in [5, 5.41) is 4.83. The van der Waals surface area contributed by atoms with Crippen LogP contribution >= 0.6 is 11.5 Å². The third-order valence-electron chi connectivity index (χ3n) is 1.74. The van der Waals surface area contributed by atoms with Crippen molar-refractivity contribution in [2.45, 2.75) is 19.8 Å². The van der Waals surface area contributed by atoms with Crippen molar-refractivity contribution in [2.75, 3.05) is 5.73 Å². The first-order valence-electron chi connectivity index (χ1n) is 4.43. The lowest BCUT2D eigenvalue weighted by Crippen LogP contribution is -1.96. The van der Waals surface area contributed by atoms with Crippen LogP contribution in [0.25, 0.3) is 5.13 Å². The lowest BCUT2D eigenvalue weighted by Gasteiger charge is -1.91. The highest BCUT2D eigenvalue weighted by Gasteiger charge is 2.05. The van der Waals surface area contributed by atoms with Gasteiger partial charge in [-0.2, -0.15) is 4.37 Å². The van der Waals surface area contributed by atoms with E-state index in [9.17, 15) is 0 Å². The summed E-state index contributed by atoms with van der Waals surface area (Å²) >= 11 is 1.34. The summed E-state index contributed by atoms with van der Waals surface area (Å²) in [5.41, 5.74) is 5.51. The lowest BCUT2D eigenvalue weighted by atomic mass is 10.3. The Labute approximate surface area is 85.8 Å². The number of hydrogen-bond acceptors (Lipinski definition) is 5. The van der Waals surface area contributed by atoms with Gasteiger partial charge in [-0.25, -0.2) is 9.67 Å². The van der Waals surface area contributed by atoms with Crippen LogP contribution in [0.1, 0.15) is 19.2 Å². The molecule has 0 saturated carbocycles. The molecule has 0 amide bonds. The second-order valence-electron chi connectivity index (χ2n) is 2.93. The fourth-order valence-electron chi connectivity index (χ4n) is 1.11. The smallest absolute Gasteiger partial charge is 0.230 e. The van der Waals surface area contributed by atoms with Crippen LogP contribution in [0.4, 0.5) is 5.82 Å². The maximum atomic E-state index is 5.51. The molecule has 0 aromatic carbocycles. The van der Waals surface area contributed by atoms with Crippen molar-refractivity contribution in [3.8, 4) is 5.13 Å². The minimum Gasteiger partial charge on any atom is -0.382 e. The van der Waals surface area contributed by atoms with Crippen LogP contribution in [0, 0.1) is 0 Å². The van der Waals surface area contributed by atoms with Crippen LogP contribution in [0.15, 0.2) is 12.3 Å². The van der Waals surface area contributed by atoms with Crippen molar-refractivity contribution < 1.29 is 0 Å². The van der Waals surface area contributed by atoms with Gasteiger partial charge in [0.15, 0.2) is 0 Å². The molecule has 0 spiro atoms. The first-order valence-corrected chi connectivity index (χ1v) is 5.21. The number of nitrogen functional groups attached to an aromatic ring is 1. The van der Waals surface area contributed by atoms with Gasteiger partial charge in [0.2, 0.25) is 5.13 Å². The molecule has 5 nitrogen and oxygen atoms in total. The molecular formula is C8H11N5S. The lowest BCUT2D eigenvalue weighted by molar-refractivity contribution is 0.827.